The van der Waals surface area contributed by atoms with E-state index in [-0.39, 0.29) is 5.56 Å². The monoisotopic (exact) mass is 336 g/mol. The van der Waals surface area contributed by atoms with Gasteiger partial charge in [-0.2, -0.15) is 4.73 Å². The van der Waals surface area contributed by atoms with Crippen LogP contribution in [0.4, 0.5) is 5.69 Å². The van der Waals surface area contributed by atoms with Crippen molar-refractivity contribution in [2.45, 2.75) is 0 Å². The number of aromatic nitrogens is 1. The van der Waals surface area contributed by atoms with Crippen molar-refractivity contribution in [2.75, 3.05) is 19.0 Å². The zero-order valence-electron chi connectivity index (χ0n) is 12.1. The van der Waals surface area contributed by atoms with E-state index in [2.05, 4.69) is 5.32 Å². The van der Waals surface area contributed by atoms with Crippen molar-refractivity contribution in [1.82, 2.24) is 0 Å². The molecule has 1 heterocycles. The summed E-state index contributed by atoms with van der Waals surface area (Å²) in [7, 11) is 1.48. The predicted octanol–water partition coefficient (Wildman–Crippen LogP) is 1.78. The van der Waals surface area contributed by atoms with Gasteiger partial charge >= 0.3 is 5.97 Å². The lowest BCUT2D eigenvalue weighted by Gasteiger charge is -2.08. The number of amides is 1. The van der Waals surface area contributed by atoms with Gasteiger partial charge in [0, 0.05) is 17.8 Å². The van der Waals surface area contributed by atoms with Crippen molar-refractivity contribution in [3.05, 3.63) is 58.5 Å². The number of rotatable bonds is 5. The number of ether oxygens (including phenoxy) is 2. The topological polar surface area (TPSA) is 91.6 Å². The molecule has 23 heavy (non-hydrogen) atoms. The number of carbonyl (C=O) groups excluding carboxylic acids is 2. The summed E-state index contributed by atoms with van der Waals surface area (Å²) in [6.45, 7) is -0.464. The third kappa shape index (κ3) is 4.58. The first-order chi connectivity index (χ1) is 11.0. The molecular weight excluding hydrogens is 324 g/mol. The highest BCUT2D eigenvalue weighted by atomic mass is 35.5. The minimum Gasteiger partial charge on any atom is -0.619 e. The van der Waals surface area contributed by atoms with Crippen molar-refractivity contribution < 1.29 is 23.8 Å². The number of hydrogen-bond acceptors (Lipinski definition) is 5. The van der Waals surface area contributed by atoms with Crippen molar-refractivity contribution in [2.24, 2.45) is 0 Å². The van der Waals surface area contributed by atoms with Crippen molar-refractivity contribution >= 4 is 29.2 Å². The summed E-state index contributed by atoms with van der Waals surface area (Å²) >= 11 is 5.94. The summed E-state index contributed by atoms with van der Waals surface area (Å²) in [5, 5.41) is 13.8. The van der Waals surface area contributed by atoms with Gasteiger partial charge < -0.3 is 20.0 Å². The molecule has 0 unspecified atom stereocenters. The van der Waals surface area contributed by atoms with E-state index in [9.17, 15) is 14.8 Å². The van der Waals surface area contributed by atoms with Crippen LogP contribution in [0.15, 0.2) is 42.7 Å². The Morgan fingerprint density at radius 1 is 1.26 bits per heavy atom. The summed E-state index contributed by atoms with van der Waals surface area (Å²) in [4.78, 5) is 23.5. The summed E-state index contributed by atoms with van der Waals surface area (Å²) in [5.74, 6) is -0.737. The number of halogens is 1. The molecule has 0 radical (unpaired) electrons. The average Bonchev–Trinajstić information content (AvgIpc) is 2.53. The van der Waals surface area contributed by atoms with E-state index < -0.39 is 18.5 Å². The Balaban J connectivity index is 1.88. The Morgan fingerprint density at radius 3 is 2.57 bits per heavy atom. The largest absolute Gasteiger partial charge is 0.619 e. The standard InChI is InChI=1S/C15H13ClN2O5/c1-22-13-3-2-11(8-12(13)16)17-14(19)9-23-15(20)10-4-6-18(21)7-5-10/h2-8H,9H2,1H3,(H,17,19). The molecule has 0 aliphatic heterocycles. The van der Waals surface area contributed by atoms with E-state index in [1.165, 1.54) is 25.3 Å². The maximum atomic E-state index is 11.8. The third-order valence-electron chi connectivity index (χ3n) is 2.81. The lowest BCUT2D eigenvalue weighted by Crippen LogP contribution is -2.25. The lowest BCUT2D eigenvalue weighted by molar-refractivity contribution is -0.605. The fourth-order valence-electron chi connectivity index (χ4n) is 1.70. The van der Waals surface area contributed by atoms with Gasteiger partial charge in [-0.3, -0.25) is 4.79 Å². The van der Waals surface area contributed by atoms with Crippen LogP contribution >= 0.6 is 11.6 Å². The number of anilines is 1. The molecule has 0 saturated heterocycles. The van der Waals surface area contributed by atoms with E-state index in [1.54, 1.807) is 12.1 Å². The minimum atomic E-state index is -0.700. The molecule has 1 amide bonds. The van der Waals surface area contributed by atoms with Crippen molar-refractivity contribution in [3.8, 4) is 5.75 Å². The first kappa shape index (κ1) is 16.6. The van der Waals surface area contributed by atoms with Gasteiger partial charge in [-0.25, -0.2) is 4.79 Å². The highest BCUT2D eigenvalue weighted by molar-refractivity contribution is 6.32. The fraction of sp³-hybridized carbons (Fsp3) is 0.133. The SMILES string of the molecule is COc1ccc(NC(=O)COC(=O)c2cc[n+]([O-])cc2)cc1Cl. The second-order valence-electron chi connectivity index (χ2n) is 4.42. The van der Waals surface area contributed by atoms with E-state index >= 15 is 0 Å². The quantitative estimate of drug-likeness (QED) is 0.510. The van der Waals surface area contributed by atoms with E-state index in [0.29, 0.717) is 21.2 Å². The number of hydrogen-bond donors (Lipinski definition) is 1. The van der Waals surface area contributed by atoms with E-state index in [0.717, 1.165) is 12.4 Å². The first-order valence-electron chi connectivity index (χ1n) is 6.49. The zero-order valence-corrected chi connectivity index (χ0v) is 12.9. The first-order valence-corrected chi connectivity index (χ1v) is 6.86. The second kappa shape index (κ2) is 7.46. The molecule has 120 valence electrons. The van der Waals surface area contributed by atoms with Crippen LogP contribution in [-0.2, 0) is 9.53 Å². The molecule has 2 rings (SSSR count). The van der Waals surface area contributed by atoms with Crippen LogP contribution in [0.1, 0.15) is 10.4 Å². The van der Waals surface area contributed by atoms with Crippen LogP contribution < -0.4 is 14.8 Å². The Bertz CT molecular complexity index is 718. The second-order valence-corrected chi connectivity index (χ2v) is 4.83. The molecule has 0 bridgehead atoms. The van der Waals surface area contributed by atoms with Crippen molar-refractivity contribution in [3.63, 3.8) is 0 Å². The number of carbonyl (C=O) groups is 2. The normalized spacial score (nSPS) is 10.0. The van der Waals surface area contributed by atoms with Gasteiger partial charge in [0.2, 0.25) is 0 Å². The molecule has 0 aliphatic rings. The van der Waals surface area contributed by atoms with Gasteiger partial charge in [0.05, 0.1) is 17.7 Å². The number of benzene rings is 1. The van der Waals surface area contributed by atoms with Gasteiger partial charge in [-0.1, -0.05) is 11.6 Å². The summed E-state index contributed by atoms with van der Waals surface area (Å²) in [6, 6.07) is 7.33. The van der Waals surface area contributed by atoms with Gasteiger partial charge in [-0.15, -0.1) is 0 Å². The number of nitrogens with zero attached hydrogens (tertiary/aromatic N) is 1. The number of esters is 1. The molecule has 7 nitrogen and oxygen atoms in total. The smallest absolute Gasteiger partial charge is 0.339 e. The highest BCUT2D eigenvalue weighted by Gasteiger charge is 2.12. The van der Waals surface area contributed by atoms with E-state index in [4.69, 9.17) is 21.1 Å². The van der Waals surface area contributed by atoms with Crippen LogP contribution in [0.3, 0.4) is 0 Å². The maximum Gasteiger partial charge on any atom is 0.339 e. The molecular formula is C15H13ClN2O5. The van der Waals surface area contributed by atoms with Crippen LogP contribution in [0.5, 0.6) is 5.75 Å². The Labute approximate surface area is 137 Å². The lowest BCUT2D eigenvalue weighted by atomic mass is 10.3. The molecule has 0 spiro atoms. The molecule has 0 fully saturated rings. The molecule has 0 atom stereocenters. The summed E-state index contributed by atoms with van der Waals surface area (Å²) in [6.07, 6.45) is 2.33. The van der Waals surface area contributed by atoms with Gasteiger partial charge in [0.1, 0.15) is 5.75 Å². The van der Waals surface area contributed by atoms with Crippen molar-refractivity contribution in [1.29, 1.82) is 0 Å². The van der Waals surface area contributed by atoms with Gasteiger partial charge in [0.25, 0.3) is 5.91 Å². The number of methoxy groups -OCH3 is 1. The molecule has 1 aromatic carbocycles. The predicted molar refractivity (Wildman–Crippen MR) is 82.3 cm³/mol. The van der Waals surface area contributed by atoms with Gasteiger partial charge in [0.15, 0.2) is 19.0 Å². The number of pyridine rings is 1. The third-order valence-corrected chi connectivity index (χ3v) is 3.10. The fourth-order valence-corrected chi connectivity index (χ4v) is 1.96. The summed E-state index contributed by atoms with van der Waals surface area (Å²) in [5.41, 5.74) is 0.626. The molecule has 0 aliphatic carbocycles. The van der Waals surface area contributed by atoms with Crippen LogP contribution in [-0.4, -0.2) is 25.6 Å². The summed E-state index contributed by atoms with van der Waals surface area (Å²) < 4.78 is 10.4. The molecule has 1 N–H and O–H groups in total. The van der Waals surface area contributed by atoms with E-state index in [1.807, 2.05) is 0 Å². The molecule has 8 heteroatoms. The molecule has 0 saturated carbocycles. The van der Waals surface area contributed by atoms with Crippen LogP contribution in [0, 0.1) is 5.21 Å². The molecule has 1 aromatic heterocycles. The highest BCUT2D eigenvalue weighted by Crippen LogP contribution is 2.27. The van der Waals surface area contributed by atoms with Crippen LogP contribution in [0.25, 0.3) is 0 Å². The average molecular weight is 337 g/mol. The maximum absolute atomic E-state index is 11.8. The van der Waals surface area contributed by atoms with Crippen LogP contribution in [0.2, 0.25) is 5.02 Å². The molecule has 2 aromatic rings. The Kier molecular flexibility index (Phi) is 5.37. The number of nitrogens with one attached hydrogen (secondary N) is 1. The Morgan fingerprint density at radius 2 is 1.96 bits per heavy atom. The van der Waals surface area contributed by atoms with Gasteiger partial charge in [-0.05, 0) is 18.2 Å². The Hall–Kier alpha value is -2.80. The minimum absolute atomic E-state index is 0.178. The zero-order chi connectivity index (χ0) is 16.8.